The zero-order valence-corrected chi connectivity index (χ0v) is 15.2. The van der Waals surface area contributed by atoms with Gasteiger partial charge in [0, 0.05) is 32.0 Å². The van der Waals surface area contributed by atoms with Crippen molar-refractivity contribution in [3.05, 3.63) is 41.7 Å². The summed E-state index contributed by atoms with van der Waals surface area (Å²) < 4.78 is 10.7. The minimum Gasteiger partial charge on any atom is -0.454 e. The SMILES string of the molecule is CCCN(CCC)C(=O)c1cnc(NCc2ccc3c(c2)OCO3)nc1. The summed E-state index contributed by atoms with van der Waals surface area (Å²) in [7, 11) is 0. The molecule has 0 radical (unpaired) electrons. The molecule has 138 valence electrons. The van der Waals surface area contributed by atoms with E-state index in [0.717, 1.165) is 43.0 Å². The summed E-state index contributed by atoms with van der Waals surface area (Å²) >= 11 is 0. The Morgan fingerprint density at radius 1 is 1.12 bits per heavy atom. The van der Waals surface area contributed by atoms with E-state index in [-0.39, 0.29) is 12.7 Å². The maximum atomic E-state index is 12.5. The maximum Gasteiger partial charge on any atom is 0.256 e. The largest absolute Gasteiger partial charge is 0.454 e. The van der Waals surface area contributed by atoms with Crippen molar-refractivity contribution in [3.63, 3.8) is 0 Å². The van der Waals surface area contributed by atoms with Gasteiger partial charge in [0.1, 0.15) is 0 Å². The van der Waals surface area contributed by atoms with Crippen LogP contribution in [0.15, 0.2) is 30.6 Å². The van der Waals surface area contributed by atoms with E-state index in [2.05, 4.69) is 29.1 Å². The van der Waals surface area contributed by atoms with Crippen molar-refractivity contribution in [1.29, 1.82) is 0 Å². The van der Waals surface area contributed by atoms with Crippen LogP contribution in [0.2, 0.25) is 0 Å². The zero-order chi connectivity index (χ0) is 18.4. The highest BCUT2D eigenvalue weighted by Gasteiger charge is 2.15. The van der Waals surface area contributed by atoms with Gasteiger partial charge in [0.05, 0.1) is 5.56 Å². The highest BCUT2D eigenvalue weighted by Crippen LogP contribution is 2.32. The molecule has 1 aliphatic heterocycles. The Balaban J connectivity index is 1.59. The van der Waals surface area contributed by atoms with Crippen LogP contribution in [-0.4, -0.2) is 40.7 Å². The second-order valence-corrected chi connectivity index (χ2v) is 6.13. The first kappa shape index (κ1) is 18.0. The van der Waals surface area contributed by atoms with Gasteiger partial charge in [-0.3, -0.25) is 4.79 Å². The lowest BCUT2D eigenvalue weighted by Crippen LogP contribution is -2.32. The molecule has 0 unspecified atom stereocenters. The zero-order valence-electron chi connectivity index (χ0n) is 15.2. The van der Waals surface area contributed by atoms with Crippen molar-refractivity contribution in [2.24, 2.45) is 0 Å². The number of benzene rings is 1. The Morgan fingerprint density at radius 2 is 1.81 bits per heavy atom. The number of amides is 1. The fourth-order valence-corrected chi connectivity index (χ4v) is 2.80. The van der Waals surface area contributed by atoms with Crippen molar-refractivity contribution < 1.29 is 14.3 Å². The van der Waals surface area contributed by atoms with Crippen LogP contribution in [-0.2, 0) is 6.54 Å². The predicted molar refractivity (Wildman–Crippen MR) is 98.4 cm³/mol. The Bertz CT molecular complexity index is 743. The minimum absolute atomic E-state index is 0.0176. The lowest BCUT2D eigenvalue weighted by Gasteiger charge is -2.21. The van der Waals surface area contributed by atoms with Crippen molar-refractivity contribution in [3.8, 4) is 11.5 Å². The van der Waals surface area contributed by atoms with Crippen molar-refractivity contribution in [1.82, 2.24) is 14.9 Å². The number of rotatable bonds is 8. The highest BCUT2D eigenvalue weighted by atomic mass is 16.7. The average molecular weight is 356 g/mol. The lowest BCUT2D eigenvalue weighted by molar-refractivity contribution is 0.0754. The van der Waals surface area contributed by atoms with E-state index >= 15 is 0 Å². The van der Waals surface area contributed by atoms with Gasteiger partial charge in [0.15, 0.2) is 11.5 Å². The molecule has 1 aromatic carbocycles. The van der Waals surface area contributed by atoms with E-state index in [1.807, 2.05) is 23.1 Å². The van der Waals surface area contributed by atoms with Gasteiger partial charge in [0.2, 0.25) is 12.7 Å². The highest BCUT2D eigenvalue weighted by molar-refractivity contribution is 5.93. The van der Waals surface area contributed by atoms with E-state index in [9.17, 15) is 4.79 Å². The molecule has 0 fully saturated rings. The molecule has 7 nitrogen and oxygen atoms in total. The smallest absolute Gasteiger partial charge is 0.256 e. The monoisotopic (exact) mass is 356 g/mol. The first-order valence-electron chi connectivity index (χ1n) is 8.95. The molecule has 0 spiro atoms. The number of aromatic nitrogens is 2. The van der Waals surface area contributed by atoms with Gasteiger partial charge in [-0.25, -0.2) is 9.97 Å². The minimum atomic E-state index is -0.0176. The third kappa shape index (κ3) is 4.22. The standard InChI is InChI=1S/C19H24N4O3/c1-3-7-23(8-4-2)18(24)15-11-21-19(22-12-15)20-10-14-5-6-16-17(9-14)26-13-25-16/h5-6,9,11-12H,3-4,7-8,10,13H2,1-2H3,(H,20,21,22). The molecule has 2 heterocycles. The Kier molecular flexibility index (Phi) is 5.88. The van der Waals surface area contributed by atoms with Crippen LogP contribution in [0.25, 0.3) is 0 Å². The molecule has 7 heteroatoms. The number of fused-ring (bicyclic) bond motifs is 1. The summed E-state index contributed by atoms with van der Waals surface area (Å²) in [6.45, 7) is 6.44. The van der Waals surface area contributed by atoms with Crippen molar-refractivity contribution >= 4 is 11.9 Å². The maximum absolute atomic E-state index is 12.5. The van der Waals surface area contributed by atoms with Gasteiger partial charge in [-0.05, 0) is 30.5 Å². The third-order valence-corrected chi connectivity index (χ3v) is 4.06. The van der Waals surface area contributed by atoms with Gasteiger partial charge >= 0.3 is 0 Å². The molecule has 0 aliphatic carbocycles. The van der Waals surface area contributed by atoms with Crippen molar-refractivity contribution in [2.45, 2.75) is 33.2 Å². The molecule has 0 bridgehead atoms. The van der Waals surface area contributed by atoms with Crippen LogP contribution in [0.3, 0.4) is 0 Å². The third-order valence-electron chi connectivity index (χ3n) is 4.06. The van der Waals surface area contributed by atoms with Crippen LogP contribution >= 0.6 is 0 Å². The molecular weight excluding hydrogens is 332 g/mol. The van der Waals surface area contributed by atoms with Crippen molar-refractivity contribution in [2.75, 3.05) is 25.2 Å². The van der Waals surface area contributed by atoms with Crippen LogP contribution in [0, 0.1) is 0 Å². The summed E-state index contributed by atoms with van der Waals surface area (Å²) in [6, 6.07) is 5.78. The number of carbonyl (C=O) groups excluding carboxylic acids is 1. The number of anilines is 1. The van der Waals surface area contributed by atoms with Crippen LogP contribution in [0.4, 0.5) is 5.95 Å². The molecule has 1 aromatic heterocycles. The van der Waals surface area contributed by atoms with E-state index in [1.165, 1.54) is 0 Å². The molecule has 1 N–H and O–H groups in total. The first-order chi connectivity index (χ1) is 12.7. The average Bonchev–Trinajstić information content (AvgIpc) is 3.14. The number of carbonyl (C=O) groups is 1. The number of nitrogens with zero attached hydrogens (tertiary/aromatic N) is 3. The Morgan fingerprint density at radius 3 is 2.50 bits per heavy atom. The quantitative estimate of drug-likeness (QED) is 0.783. The summed E-state index contributed by atoms with van der Waals surface area (Å²) in [5, 5.41) is 3.15. The number of hydrogen-bond acceptors (Lipinski definition) is 6. The number of hydrogen-bond donors (Lipinski definition) is 1. The molecule has 0 saturated heterocycles. The normalized spacial score (nSPS) is 12.1. The molecule has 3 rings (SSSR count). The van der Waals surface area contributed by atoms with E-state index in [0.29, 0.717) is 18.1 Å². The van der Waals surface area contributed by atoms with E-state index in [1.54, 1.807) is 12.4 Å². The van der Waals surface area contributed by atoms with Gasteiger partial charge < -0.3 is 19.7 Å². The Labute approximate surface area is 153 Å². The molecule has 0 atom stereocenters. The topological polar surface area (TPSA) is 76.6 Å². The second kappa shape index (κ2) is 8.51. The molecule has 26 heavy (non-hydrogen) atoms. The summed E-state index contributed by atoms with van der Waals surface area (Å²) in [4.78, 5) is 22.9. The number of nitrogens with one attached hydrogen (secondary N) is 1. The predicted octanol–water partition coefficient (Wildman–Crippen LogP) is 3.08. The molecule has 0 saturated carbocycles. The number of ether oxygens (including phenoxy) is 2. The molecular formula is C19H24N4O3. The van der Waals surface area contributed by atoms with Gasteiger partial charge in [-0.1, -0.05) is 19.9 Å². The van der Waals surface area contributed by atoms with E-state index in [4.69, 9.17) is 9.47 Å². The summed E-state index contributed by atoms with van der Waals surface area (Å²) in [5.41, 5.74) is 1.55. The first-order valence-corrected chi connectivity index (χ1v) is 8.95. The van der Waals surface area contributed by atoms with Gasteiger partial charge in [-0.2, -0.15) is 0 Å². The van der Waals surface area contributed by atoms with Crippen LogP contribution < -0.4 is 14.8 Å². The van der Waals surface area contributed by atoms with E-state index < -0.39 is 0 Å². The second-order valence-electron chi connectivity index (χ2n) is 6.13. The fraction of sp³-hybridized carbons (Fsp3) is 0.421. The fourth-order valence-electron chi connectivity index (χ4n) is 2.80. The van der Waals surface area contributed by atoms with Gasteiger partial charge in [-0.15, -0.1) is 0 Å². The Hall–Kier alpha value is -2.83. The molecule has 2 aromatic rings. The summed E-state index contributed by atoms with van der Waals surface area (Å²) in [5.74, 6) is 1.97. The molecule has 1 aliphatic rings. The lowest BCUT2D eigenvalue weighted by atomic mass is 10.2. The van der Waals surface area contributed by atoms with Crippen LogP contribution in [0.1, 0.15) is 42.6 Å². The summed E-state index contributed by atoms with van der Waals surface area (Å²) in [6.07, 6.45) is 5.02. The van der Waals surface area contributed by atoms with Gasteiger partial charge in [0.25, 0.3) is 5.91 Å². The van der Waals surface area contributed by atoms with Crippen LogP contribution in [0.5, 0.6) is 11.5 Å². The molecule has 1 amide bonds.